The van der Waals surface area contributed by atoms with E-state index in [0.717, 1.165) is 49.0 Å². The smallest absolute Gasteiger partial charge is 0.241 e. The fourth-order valence-electron chi connectivity index (χ4n) is 4.36. The Morgan fingerprint density at radius 3 is 2.42 bits per heavy atom. The summed E-state index contributed by atoms with van der Waals surface area (Å²) in [5, 5.41) is 0. The minimum atomic E-state index is -0.126. The standard InChI is InChI=1S/C25H26N4O2/c30-25(18-27-14-16-28(17-15-27)24-12-6-7-13-26-24)29-21-10-4-5-11-23(21)31-19-22(29)20-8-2-1-3-9-20/h1-13,22H,14-19H2. The van der Waals surface area contributed by atoms with E-state index >= 15 is 0 Å². The predicted molar refractivity (Wildman–Crippen MR) is 121 cm³/mol. The molecule has 1 saturated heterocycles. The molecule has 0 saturated carbocycles. The molecular weight excluding hydrogens is 388 g/mol. The highest BCUT2D eigenvalue weighted by atomic mass is 16.5. The van der Waals surface area contributed by atoms with Crippen molar-refractivity contribution in [1.29, 1.82) is 0 Å². The zero-order chi connectivity index (χ0) is 21.0. The Morgan fingerprint density at radius 2 is 1.65 bits per heavy atom. The van der Waals surface area contributed by atoms with Crippen LogP contribution in [0.25, 0.3) is 0 Å². The SMILES string of the molecule is O=C(CN1CCN(c2ccccn2)CC1)N1c2ccccc2OCC1c1ccccc1. The minimum absolute atomic E-state index is 0.107. The number of hydrogen-bond acceptors (Lipinski definition) is 5. The van der Waals surface area contributed by atoms with Gasteiger partial charge in [0.15, 0.2) is 0 Å². The van der Waals surface area contributed by atoms with Crippen molar-refractivity contribution in [2.75, 3.05) is 49.1 Å². The average Bonchev–Trinajstić information content (AvgIpc) is 2.85. The Hall–Kier alpha value is -3.38. The zero-order valence-electron chi connectivity index (χ0n) is 17.4. The van der Waals surface area contributed by atoms with Crippen molar-refractivity contribution in [3.63, 3.8) is 0 Å². The van der Waals surface area contributed by atoms with Gasteiger partial charge in [-0.1, -0.05) is 48.5 Å². The van der Waals surface area contributed by atoms with E-state index in [4.69, 9.17) is 4.74 Å². The number of rotatable bonds is 4. The number of aromatic nitrogens is 1. The van der Waals surface area contributed by atoms with Crippen molar-refractivity contribution in [2.24, 2.45) is 0 Å². The molecule has 5 rings (SSSR count). The van der Waals surface area contributed by atoms with Crippen LogP contribution in [0.15, 0.2) is 79.0 Å². The fourth-order valence-corrected chi connectivity index (χ4v) is 4.36. The summed E-state index contributed by atoms with van der Waals surface area (Å²) >= 11 is 0. The molecule has 1 atom stereocenters. The van der Waals surface area contributed by atoms with E-state index in [1.165, 1.54) is 0 Å². The van der Waals surface area contributed by atoms with Crippen LogP contribution in [0.3, 0.4) is 0 Å². The van der Waals surface area contributed by atoms with Gasteiger partial charge in [0.05, 0.1) is 18.3 Å². The number of carbonyl (C=O) groups is 1. The topological polar surface area (TPSA) is 48.9 Å². The summed E-state index contributed by atoms with van der Waals surface area (Å²) in [4.78, 5) is 24.5. The van der Waals surface area contributed by atoms with Gasteiger partial charge >= 0.3 is 0 Å². The molecule has 158 valence electrons. The van der Waals surface area contributed by atoms with E-state index in [-0.39, 0.29) is 11.9 Å². The fraction of sp³-hybridized carbons (Fsp3) is 0.280. The van der Waals surface area contributed by atoms with Crippen LogP contribution in [0.5, 0.6) is 5.75 Å². The molecule has 2 aliphatic rings. The molecular formula is C25H26N4O2. The molecule has 0 N–H and O–H groups in total. The number of amides is 1. The van der Waals surface area contributed by atoms with Gasteiger partial charge in [-0.3, -0.25) is 14.6 Å². The van der Waals surface area contributed by atoms with E-state index in [2.05, 4.69) is 26.9 Å². The second-order valence-corrected chi connectivity index (χ2v) is 7.92. The first kappa shape index (κ1) is 19.6. The summed E-state index contributed by atoms with van der Waals surface area (Å²) in [6, 6.07) is 23.8. The van der Waals surface area contributed by atoms with E-state index < -0.39 is 0 Å². The van der Waals surface area contributed by atoms with E-state index in [0.29, 0.717) is 13.2 Å². The number of ether oxygens (including phenoxy) is 1. The first-order valence-electron chi connectivity index (χ1n) is 10.8. The van der Waals surface area contributed by atoms with Gasteiger partial charge in [-0.2, -0.15) is 0 Å². The van der Waals surface area contributed by atoms with E-state index in [9.17, 15) is 4.79 Å². The van der Waals surface area contributed by atoms with Gasteiger partial charge in [0.1, 0.15) is 18.2 Å². The average molecular weight is 415 g/mol. The normalized spacial score (nSPS) is 18.9. The van der Waals surface area contributed by atoms with Crippen molar-refractivity contribution in [2.45, 2.75) is 6.04 Å². The highest BCUT2D eigenvalue weighted by molar-refractivity contribution is 5.97. The third-order valence-electron chi connectivity index (χ3n) is 5.99. The zero-order valence-corrected chi connectivity index (χ0v) is 17.4. The maximum atomic E-state index is 13.6. The molecule has 1 fully saturated rings. The molecule has 1 amide bonds. The molecule has 0 radical (unpaired) electrons. The first-order chi connectivity index (χ1) is 15.3. The van der Waals surface area contributed by atoms with Gasteiger partial charge in [0, 0.05) is 32.4 Å². The maximum absolute atomic E-state index is 13.6. The van der Waals surface area contributed by atoms with Gasteiger partial charge in [0.2, 0.25) is 5.91 Å². The lowest BCUT2D eigenvalue weighted by molar-refractivity contribution is -0.120. The van der Waals surface area contributed by atoms with Crippen LogP contribution in [0, 0.1) is 0 Å². The molecule has 1 unspecified atom stereocenters. The van der Waals surface area contributed by atoms with Crippen LogP contribution in [0.2, 0.25) is 0 Å². The second kappa shape index (κ2) is 8.78. The van der Waals surface area contributed by atoms with Crippen molar-refractivity contribution in [3.8, 4) is 5.75 Å². The van der Waals surface area contributed by atoms with E-state index in [1.807, 2.05) is 71.8 Å². The summed E-state index contributed by atoms with van der Waals surface area (Å²) in [5.41, 5.74) is 1.94. The van der Waals surface area contributed by atoms with Gasteiger partial charge in [-0.25, -0.2) is 4.98 Å². The number of nitrogens with zero attached hydrogens (tertiary/aromatic N) is 4. The number of hydrogen-bond donors (Lipinski definition) is 0. The lowest BCUT2D eigenvalue weighted by atomic mass is 10.0. The third-order valence-corrected chi connectivity index (χ3v) is 5.99. The van der Waals surface area contributed by atoms with Gasteiger partial charge in [-0.15, -0.1) is 0 Å². The molecule has 0 spiro atoms. The van der Waals surface area contributed by atoms with Crippen LogP contribution in [0.4, 0.5) is 11.5 Å². The number of benzene rings is 2. The van der Waals surface area contributed by atoms with Crippen molar-refractivity contribution in [1.82, 2.24) is 9.88 Å². The summed E-state index contributed by atoms with van der Waals surface area (Å²) in [5.74, 6) is 1.87. The lowest BCUT2D eigenvalue weighted by Gasteiger charge is -2.40. The monoisotopic (exact) mass is 414 g/mol. The van der Waals surface area contributed by atoms with Gasteiger partial charge in [-0.05, 0) is 29.8 Å². The van der Waals surface area contributed by atoms with Crippen LogP contribution in [-0.4, -0.2) is 55.1 Å². The van der Waals surface area contributed by atoms with Crippen LogP contribution in [-0.2, 0) is 4.79 Å². The van der Waals surface area contributed by atoms with Crippen LogP contribution in [0.1, 0.15) is 11.6 Å². The molecule has 6 heteroatoms. The first-order valence-corrected chi connectivity index (χ1v) is 10.8. The van der Waals surface area contributed by atoms with Crippen LogP contribution < -0.4 is 14.5 Å². The highest BCUT2D eigenvalue weighted by Crippen LogP contribution is 2.39. The number of fused-ring (bicyclic) bond motifs is 1. The van der Waals surface area contributed by atoms with Crippen LogP contribution >= 0.6 is 0 Å². The number of pyridine rings is 1. The molecule has 3 aromatic rings. The van der Waals surface area contributed by atoms with Crippen molar-refractivity contribution in [3.05, 3.63) is 84.6 Å². The molecule has 31 heavy (non-hydrogen) atoms. The Labute approximate surface area is 182 Å². The highest BCUT2D eigenvalue weighted by Gasteiger charge is 2.34. The molecule has 3 heterocycles. The lowest BCUT2D eigenvalue weighted by Crippen LogP contribution is -2.51. The molecule has 6 nitrogen and oxygen atoms in total. The quantitative estimate of drug-likeness (QED) is 0.655. The number of piperazine rings is 1. The molecule has 0 bridgehead atoms. The Morgan fingerprint density at radius 1 is 0.903 bits per heavy atom. The molecule has 1 aromatic heterocycles. The predicted octanol–water partition coefficient (Wildman–Crippen LogP) is 3.37. The summed E-state index contributed by atoms with van der Waals surface area (Å²) in [6.07, 6.45) is 1.82. The maximum Gasteiger partial charge on any atom is 0.241 e. The summed E-state index contributed by atoms with van der Waals surface area (Å²) in [6.45, 7) is 4.26. The number of carbonyl (C=O) groups excluding carboxylic acids is 1. The summed E-state index contributed by atoms with van der Waals surface area (Å²) < 4.78 is 6.00. The molecule has 0 aliphatic carbocycles. The van der Waals surface area contributed by atoms with E-state index in [1.54, 1.807) is 0 Å². The Kier molecular flexibility index (Phi) is 5.54. The second-order valence-electron chi connectivity index (χ2n) is 7.92. The number of para-hydroxylation sites is 2. The molecule has 2 aliphatic heterocycles. The van der Waals surface area contributed by atoms with Crippen molar-refractivity contribution < 1.29 is 9.53 Å². The number of anilines is 2. The minimum Gasteiger partial charge on any atom is -0.489 e. The third kappa shape index (κ3) is 4.11. The van der Waals surface area contributed by atoms with Gasteiger partial charge in [0.25, 0.3) is 0 Å². The Bertz CT molecular complexity index is 1020. The van der Waals surface area contributed by atoms with Crippen molar-refractivity contribution >= 4 is 17.4 Å². The molecule has 2 aromatic carbocycles. The summed E-state index contributed by atoms with van der Waals surface area (Å²) in [7, 11) is 0. The van der Waals surface area contributed by atoms with Gasteiger partial charge < -0.3 is 9.64 Å². The largest absolute Gasteiger partial charge is 0.489 e. The Balaban J connectivity index is 1.32.